The molecule has 0 aliphatic rings. The van der Waals surface area contributed by atoms with E-state index in [-0.39, 0.29) is 19.0 Å². The van der Waals surface area contributed by atoms with E-state index in [4.69, 9.17) is 28.5 Å². The van der Waals surface area contributed by atoms with Crippen LogP contribution in [0.5, 0.6) is 0 Å². The third-order valence-corrected chi connectivity index (χ3v) is 3.35. The number of halogens is 2. The third kappa shape index (κ3) is 3.04. The predicted octanol–water partition coefficient (Wildman–Crippen LogP) is 2.05. The number of carbonyl (C=O) groups is 1. The van der Waals surface area contributed by atoms with Gasteiger partial charge in [-0.3, -0.25) is 4.79 Å². The predicted molar refractivity (Wildman–Crippen MR) is 74.5 cm³/mol. The van der Waals surface area contributed by atoms with E-state index in [9.17, 15) is 4.79 Å². The van der Waals surface area contributed by atoms with Crippen molar-refractivity contribution in [2.45, 2.75) is 0 Å². The van der Waals surface area contributed by atoms with Crippen molar-refractivity contribution in [2.75, 3.05) is 18.4 Å². The van der Waals surface area contributed by atoms with Gasteiger partial charge in [-0.2, -0.15) is 14.0 Å². The van der Waals surface area contributed by atoms with Crippen LogP contribution in [0.15, 0.2) is 6.07 Å². The van der Waals surface area contributed by atoms with E-state index in [1.54, 1.807) is 6.07 Å². The van der Waals surface area contributed by atoms with Gasteiger partial charge in [0.05, 0.1) is 40.1 Å². The fourth-order valence-corrected chi connectivity index (χ4v) is 2.59. The smallest absolute Gasteiger partial charge is 0.240 e. The van der Waals surface area contributed by atoms with Crippen LogP contribution in [0.3, 0.4) is 0 Å². The number of nitriles is 1. The summed E-state index contributed by atoms with van der Waals surface area (Å²) in [6.45, 7) is -0.0574. The average molecular weight is 316 g/mol. The van der Waals surface area contributed by atoms with Crippen molar-refractivity contribution in [2.24, 2.45) is 0 Å². The van der Waals surface area contributed by atoms with Gasteiger partial charge < -0.3 is 10.6 Å². The molecule has 1 amide bonds. The fraction of sp³-hybridized carbons (Fsp3) is 0.200. The Hall–Kier alpha value is -1.62. The Bertz CT molecular complexity index is 666. The first-order valence-electron chi connectivity index (χ1n) is 5.11. The molecule has 0 atom stereocenters. The number of hydrogen-bond acceptors (Lipinski definition) is 6. The molecule has 0 saturated carbocycles. The summed E-state index contributed by atoms with van der Waals surface area (Å²) in [4.78, 5) is 11.4. The summed E-state index contributed by atoms with van der Waals surface area (Å²) in [6.07, 6.45) is 0. The van der Waals surface area contributed by atoms with Gasteiger partial charge in [-0.15, -0.1) is 0 Å². The molecular formula is C10H7Cl2N5OS. The number of aromatic nitrogens is 2. The minimum absolute atomic E-state index is 0.0182. The summed E-state index contributed by atoms with van der Waals surface area (Å²) in [5.41, 5.74) is 1.56. The van der Waals surface area contributed by atoms with Crippen LogP contribution >= 0.6 is 34.9 Å². The molecule has 1 aromatic carbocycles. The van der Waals surface area contributed by atoms with Gasteiger partial charge in [0.2, 0.25) is 5.91 Å². The molecular weight excluding hydrogens is 309 g/mol. The van der Waals surface area contributed by atoms with Crippen molar-refractivity contribution in [3.63, 3.8) is 0 Å². The highest BCUT2D eigenvalue weighted by Crippen LogP contribution is 2.34. The second-order valence-electron chi connectivity index (χ2n) is 3.47. The first kappa shape index (κ1) is 13.8. The minimum Gasteiger partial charge on any atom is -0.373 e. The fourth-order valence-electron chi connectivity index (χ4n) is 1.41. The molecule has 1 aromatic heterocycles. The van der Waals surface area contributed by atoms with Crippen LogP contribution in [0.4, 0.5) is 5.69 Å². The van der Waals surface area contributed by atoms with Crippen molar-refractivity contribution in [3.8, 4) is 6.07 Å². The summed E-state index contributed by atoms with van der Waals surface area (Å²) in [6, 6.07) is 3.36. The van der Waals surface area contributed by atoms with Gasteiger partial charge >= 0.3 is 0 Å². The molecule has 0 bridgehead atoms. The van der Waals surface area contributed by atoms with E-state index in [0.717, 1.165) is 11.7 Å². The zero-order chi connectivity index (χ0) is 13.8. The molecule has 0 radical (unpaired) electrons. The van der Waals surface area contributed by atoms with Gasteiger partial charge in [0.15, 0.2) is 0 Å². The van der Waals surface area contributed by atoms with E-state index in [2.05, 4.69) is 19.4 Å². The first-order chi connectivity index (χ1) is 9.13. The monoisotopic (exact) mass is 315 g/mol. The number of nitrogens with one attached hydrogen (secondary N) is 2. The van der Waals surface area contributed by atoms with Gasteiger partial charge in [-0.25, -0.2) is 0 Å². The number of anilines is 1. The van der Waals surface area contributed by atoms with Crippen molar-refractivity contribution < 1.29 is 4.79 Å². The molecule has 2 rings (SSSR count). The summed E-state index contributed by atoms with van der Waals surface area (Å²) < 4.78 is 8.15. The van der Waals surface area contributed by atoms with Crippen molar-refractivity contribution in [1.82, 2.24) is 14.1 Å². The maximum absolute atomic E-state index is 11.4. The molecule has 2 N–H and O–H groups in total. The van der Waals surface area contributed by atoms with E-state index in [1.165, 1.54) is 0 Å². The maximum atomic E-state index is 11.4. The van der Waals surface area contributed by atoms with Crippen LogP contribution in [0, 0.1) is 11.3 Å². The molecule has 9 heteroatoms. The van der Waals surface area contributed by atoms with E-state index < -0.39 is 0 Å². The molecule has 0 aliphatic carbocycles. The number of rotatable bonds is 4. The number of benzene rings is 1. The summed E-state index contributed by atoms with van der Waals surface area (Å²) in [5, 5.41) is 14.4. The lowest BCUT2D eigenvalue weighted by atomic mass is 10.2. The normalized spacial score (nSPS) is 10.2. The Morgan fingerprint density at radius 1 is 1.37 bits per heavy atom. The van der Waals surface area contributed by atoms with Crippen LogP contribution in [0.1, 0.15) is 0 Å². The lowest BCUT2D eigenvalue weighted by Crippen LogP contribution is -2.30. The highest BCUT2D eigenvalue weighted by molar-refractivity contribution is 7.00. The highest BCUT2D eigenvalue weighted by Gasteiger charge is 2.14. The van der Waals surface area contributed by atoms with Crippen LogP contribution in [0.2, 0.25) is 10.0 Å². The molecule has 0 unspecified atom stereocenters. The lowest BCUT2D eigenvalue weighted by Gasteiger charge is -2.08. The minimum atomic E-state index is -0.316. The van der Waals surface area contributed by atoms with Crippen LogP contribution in [-0.2, 0) is 4.79 Å². The van der Waals surface area contributed by atoms with E-state index in [0.29, 0.717) is 26.8 Å². The number of fused-ring (bicyclic) bond motifs is 1. The second kappa shape index (κ2) is 6.02. The number of amides is 1. The number of nitrogens with zero attached hydrogens (tertiary/aromatic N) is 3. The SMILES string of the molecule is N#CCNC(=O)CNc1c(Cl)cc(Cl)c2nsnc12. The second-order valence-corrected chi connectivity index (χ2v) is 4.81. The van der Waals surface area contributed by atoms with E-state index in [1.807, 2.05) is 6.07 Å². The van der Waals surface area contributed by atoms with Gasteiger partial charge in [-0.05, 0) is 6.07 Å². The van der Waals surface area contributed by atoms with Gasteiger partial charge in [0.25, 0.3) is 0 Å². The molecule has 98 valence electrons. The summed E-state index contributed by atoms with van der Waals surface area (Å²) in [5.74, 6) is -0.316. The molecule has 1 heterocycles. The Morgan fingerprint density at radius 3 is 2.84 bits per heavy atom. The largest absolute Gasteiger partial charge is 0.373 e. The molecule has 6 nitrogen and oxygen atoms in total. The molecule has 0 saturated heterocycles. The molecule has 19 heavy (non-hydrogen) atoms. The molecule has 2 aromatic rings. The first-order valence-corrected chi connectivity index (χ1v) is 6.60. The summed E-state index contributed by atoms with van der Waals surface area (Å²) >= 11 is 13.1. The van der Waals surface area contributed by atoms with Gasteiger partial charge in [0.1, 0.15) is 17.6 Å². The maximum Gasteiger partial charge on any atom is 0.240 e. The molecule has 0 spiro atoms. The molecule has 0 aliphatic heterocycles. The van der Waals surface area contributed by atoms with Crippen molar-refractivity contribution in [3.05, 3.63) is 16.1 Å². The van der Waals surface area contributed by atoms with Gasteiger partial charge in [-0.1, -0.05) is 23.2 Å². The third-order valence-electron chi connectivity index (χ3n) is 2.23. The molecule has 0 fully saturated rings. The average Bonchev–Trinajstić information content (AvgIpc) is 2.85. The standard InChI is InChI=1S/C10H7Cl2N5OS/c11-5-3-6(12)9-10(17-19-16-9)8(5)15-4-7(18)14-2-1-13/h3,15H,2,4H2,(H,14,18). The summed E-state index contributed by atoms with van der Waals surface area (Å²) in [7, 11) is 0. The Labute approximate surface area is 122 Å². The zero-order valence-corrected chi connectivity index (χ0v) is 11.7. The lowest BCUT2D eigenvalue weighted by molar-refractivity contribution is -0.119. The Morgan fingerprint density at radius 2 is 2.11 bits per heavy atom. The van der Waals surface area contributed by atoms with Crippen LogP contribution in [0.25, 0.3) is 11.0 Å². The van der Waals surface area contributed by atoms with Crippen LogP contribution < -0.4 is 10.6 Å². The quantitative estimate of drug-likeness (QED) is 0.843. The Balaban J connectivity index is 2.19. The zero-order valence-electron chi connectivity index (χ0n) is 9.41. The van der Waals surface area contributed by atoms with Crippen molar-refractivity contribution >= 4 is 57.6 Å². The highest BCUT2D eigenvalue weighted by atomic mass is 35.5. The van der Waals surface area contributed by atoms with Crippen molar-refractivity contribution in [1.29, 1.82) is 5.26 Å². The van der Waals surface area contributed by atoms with Gasteiger partial charge in [0, 0.05) is 0 Å². The van der Waals surface area contributed by atoms with Crippen LogP contribution in [-0.4, -0.2) is 27.7 Å². The number of carbonyl (C=O) groups excluding carboxylic acids is 1. The Kier molecular flexibility index (Phi) is 4.37. The topological polar surface area (TPSA) is 90.7 Å². The van der Waals surface area contributed by atoms with E-state index >= 15 is 0 Å². The number of hydrogen-bond donors (Lipinski definition) is 2.